The van der Waals surface area contributed by atoms with Crippen LogP contribution >= 0.6 is 0 Å². The summed E-state index contributed by atoms with van der Waals surface area (Å²) in [5.74, 6) is -0.658. The number of carbonyl (C=O) groups is 1. The molecule has 0 bridgehead atoms. The minimum atomic E-state index is -3.58. The molecule has 1 aliphatic heterocycles. The SMILES string of the molecule is Cc1[nH]c2ccc(F)cc2c1CC(=O)Nc1cccc(S(=O)(=O)N2CCCCC2)c1. The zero-order valence-electron chi connectivity index (χ0n) is 16.7. The highest BCUT2D eigenvalue weighted by Crippen LogP contribution is 2.25. The van der Waals surface area contributed by atoms with E-state index in [1.807, 2.05) is 6.92 Å². The van der Waals surface area contributed by atoms with Crippen LogP contribution in [-0.4, -0.2) is 36.7 Å². The van der Waals surface area contributed by atoms with E-state index in [0.29, 0.717) is 24.2 Å². The monoisotopic (exact) mass is 429 g/mol. The van der Waals surface area contributed by atoms with Crippen LogP contribution in [0.4, 0.5) is 10.1 Å². The van der Waals surface area contributed by atoms with Gasteiger partial charge < -0.3 is 10.3 Å². The summed E-state index contributed by atoms with van der Waals surface area (Å²) in [4.78, 5) is 16.0. The predicted molar refractivity (Wildman–Crippen MR) is 114 cm³/mol. The van der Waals surface area contributed by atoms with Crippen LogP contribution < -0.4 is 5.32 Å². The number of H-pyrrole nitrogens is 1. The van der Waals surface area contributed by atoms with Crippen molar-refractivity contribution in [1.82, 2.24) is 9.29 Å². The normalized spacial score (nSPS) is 15.4. The lowest BCUT2D eigenvalue weighted by molar-refractivity contribution is -0.115. The standard InChI is InChI=1S/C22H24FN3O3S/c1-15-19(20-12-16(23)8-9-21(20)24-15)14-22(27)25-17-6-5-7-18(13-17)30(28,29)26-10-3-2-4-11-26/h5-9,12-13,24H,2-4,10-11,14H2,1H3,(H,25,27). The molecular weight excluding hydrogens is 405 g/mol. The van der Waals surface area contributed by atoms with Gasteiger partial charge >= 0.3 is 0 Å². The second-order valence-corrected chi connectivity index (χ2v) is 9.57. The smallest absolute Gasteiger partial charge is 0.243 e. The number of nitrogens with zero attached hydrogens (tertiary/aromatic N) is 1. The van der Waals surface area contributed by atoms with E-state index in [9.17, 15) is 17.6 Å². The van der Waals surface area contributed by atoms with Gasteiger partial charge in [-0.25, -0.2) is 12.8 Å². The van der Waals surface area contributed by atoms with E-state index in [0.717, 1.165) is 36.0 Å². The number of anilines is 1. The van der Waals surface area contributed by atoms with Gasteiger partial charge in [0.1, 0.15) is 5.82 Å². The third kappa shape index (κ3) is 4.11. The number of aromatic amines is 1. The lowest BCUT2D eigenvalue weighted by Crippen LogP contribution is -2.35. The first kappa shape index (κ1) is 20.6. The topological polar surface area (TPSA) is 82.3 Å². The van der Waals surface area contributed by atoms with Crippen molar-refractivity contribution >= 4 is 32.5 Å². The van der Waals surface area contributed by atoms with Crippen LogP contribution in [0.15, 0.2) is 47.4 Å². The Labute approximate surface area is 175 Å². The Bertz CT molecular complexity index is 1200. The molecule has 8 heteroatoms. The van der Waals surface area contributed by atoms with Gasteiger partial charge in [-0.15, -0.1) is 0 Å². The Balaban J connectivity index is 1.53. The van der Waals surface area contributed by atoms with E-state index in [2.05, 4.69) is 10.3 Å². The van der Waals surface area contributed by atoms with Gasteiger partial charge in [0.25, 0.3) is 0 Å². The Morgan fingerprint density at radius 1 is 1.13 bits per heavy atom. The van der Waals surface area contributed by atoms with Crippen molar-refractivity contribution in [2.75, 3.05) is 18.4 Å². The number of fused-ring (bicyclic) bond motifs is 1. The quantitative estimate of drug-likeness (QED) is 0.644. The number of piperidine rings is 1. The highest BCUT2D eigenvalue weighted by atomic mass is 32.2. The molecule has 0 atom stereocenters. The second kappa shape index (κ2) is 8.20. The number of sulfonamides is 1. The van der Waals surface area contributed by atoms with Crippen LogP contribution in [0.25, 0.3) is 10.9 Å². The van der Waals surface area contributed by atoms with Crippen molar-refractivity contribution in [2.45, 2.75) is 37.5 Å². The van der Waals surface area contributed by atoms with Crippen LogP contribution in [0, 0.1) is 12.7 Å². The molecule has 4 rings (SSSR count). The number of benzene rings is 2. The number of aromatic nitrogens is 1. The highest BCUT2D eigenvalue weighted by Gasteiger charge is 2.26. The van der Waals surface area contributed by atoms with Crippen LogP contribution in [0.2, 0.25) is 0 Å². The maximum Gasteiger partial charge on any atom is 0.243 e. The van der Waals surface area contributed by atoms with Crippen molar-refractivity contribution in [3.05, 3.63) is 59.5 Å². The molecule has 3 aromatic rings. The predicted octanol–water partition coefficient (Wildman–Crippen LogP) is 3.97. The molecule has 1 aliphatic rings. The number of carbonyl (C=O) groups excluding carboxylic acids is 1. The van der Waals surface area contributed by atoms with Gasteiger partial charge in [-0.3, -0.25) is 4.79 Å². The lowest BCUT2D eigenvalue weighted by Gasteiger charge is -2.26. The van der Waals surface area contributed by atoms with Crippen LogP contribution in [-0.2, 0) is 21.2 Å². The van der Waals surface area contributed by atoms with E-state index in [-0.39, 0.29) is 23.0 Å². The summed E-state index contributed by atoms with van der Waals surface area (Å²) >= 11 is 0. The van der Waals surface area contributed by atoms with Crippen LogP contribution in [0.1, 0.15) is 30.5 Å². The van der Waals surface area contributed by atoms with Gasteiger partial charge in [0, 0.05) is 35.4 Å². The van der Waals surface area contributed by atoms with Crippen molar-refractivity contribution in [3.8, 4) is 0 Å². The molecule has 1 aromatic heterocycles. The minimum Gasteiger partial charge on any atom is -0.358 e. The first-order valence-electron chi connectivity index (χ1n) is 10.0. The molecule has 0 spiro atoms. The number of hydrogen-bond donors (Lipinski definition) is 2. The average Bonchev–Trinajstić information content (AvgIpc) is 3.03. The van der Waals surface area contributed by atoms with Crippen molar-refractivity contribution < 1.29 is 17.6 Å². The third-order valence-corrected chi connectivity index (χ3v) is 7.38. The number of aryl methyl sites for hydroxylation is 1. The molecule has 1 amide bonds. The van der Waals surface area contributed by atoms with E-state index >= 15 is 0 Å². The van der Waals surface area contributed by atoms with Crippen LogP contribution in [0.5, 0.6) is 0 Å². The lowest BCUT2D eigenvalue weighted by atomic mass is 10.1. The van der Waals surface area contributed by atoms with Crippen molar-refractivity contribution in [1.29, 1.82) is 0 Å². The summed E-state index contributed by atoms with van der Waals surface area (Å²) in [5.41, 5.74) is 2.71. The fraction of sp³-hybridized carbons (Fsp3) is 0.318. The Hall–Kier alpha value is -2.71. The van der Waals surface area contributed by atoms with Gasteiger partial charge in [0.15, 0.2) is 0 Å². The van der Waals surface area contributed by atoms with Crippen LogP contribution in [0.3, 0.4) is 0 Å². The number of amides is 1. The van der Waals surface area contributed by atoms with E-state index in [1.54, 1.807) is 24.3 Å². The molecule has 0 aliphatic carbocycles. The molecule has 30 heavy (non-hydrogen) atoms. The molecule has 2 N–H and O–H groups in total. The average molecular weight is 430 g/mol. The van der Waals surface area contributed by atoms with E-state index in [1.165, 1.54) is 22.5 Å². The first-order chi connectivity index (χ1) is 14.3. The molecule has 6 nitrogen and oxygen atoms in total. The summed E-state index contributed by atoms with van der Waals surface area (Å²) in [7, 11) is -3.58. The fourth-order valence-electron chi connectivity index (χ4n) is 3.94. The molecule has 2 heterocycles. The molecule has 0 saturated carbocycles. The summed E-state index contributed by atoms with van der Waals surface area (Å²) < 4.78 is 40.9. The molecule has 158 valence electrons. The minimum absolute atomic E-state index is 0.0540. The number of hydrogen-bond acceptors (Lipinski definition) is 3. The van der Waals surface area contributed by atoms with Crippen molar-refractivity contribution in [2.24, 2.45) is 0 Å². The molecule has 2 aromatic carbocycles. The molecule has 1 saturated heterocycles. The Morgan fingerprint density at radius 2 is 1.90 bits per heavy atom. The summed E-state index contributed by atoms with van der Waals surface area (Å²) in [5, 5.41) is 3.44. The van der Waals surface area contributed by atoms with Gasteiger partial charge in [-0.05, 0) is 61.7 Å². The third-order valence-electron chi connectivity index (χ3n) is 5.49. The largest absolute Gasteiger partial charge is 0.358 e. The second-order valence-electron chi connectivity index (χ2n) is 7.64. The maximum atomic E-state index is 13.6. The summed E-state index contributed by atoms with van der Waals surface area (Å²) in [6.45, 7) is 2.89. The summed E-state index contributed by atoms with van der Waals surface area (Å²) in [6, 6.07) is 10.8. The Morgan fingerprint density at radius 3 is 2.67 bits per heavy atom. The molecule has 1 fully saturated rings. The first-order valence-corrected chi connectivity index (χ1v) is 11.5. The van der Waals surface area contributed by atoms with E-state index in [4.69, 9.17) is 0 Å². The molecular formula is C22H24FN3O3S. The van der Waals surface area contributed by atoms with Gasteiger partial charge in [0.2, 0.25) is 15.9 Å². The highest BCUT2D eigenvalue weighted by molar-refractivity contribution is 7.89. The van der Waals surface area contributed by atoms with E-state index < -0.39 is 10.0 Å². The fourth-order valence-corrected chi connectivity index (χ4v) is 5.50. The zero-order chi connectivity index (χ0) is 21.3. The number of nitrogens with one attached hydrogen (secondary N) is 2. The number of rotatable bonds is 5. The molecule has 0 radical (unpaired) electrons. The maximum absolute atomic E-state index is 13.6. The summed E-state index contributed by atoms with van der Waals surface area (Å²) in [6.07, 6.45) is 2.82. The van der Waals surface area contributed by atoms with Gasteiger partial charge in [-0.2, -0.15) is 4.31 Å². The number of halogens is 1. The van der Waals surface area contributed by atoms with Crippen molar-refractivity contribution in [3.63, 3.8) is 0 Å². The van der Waals surface area contributed by atoms with Gasteiger partial charge in [0.05, 0.1) is 11.3 Å². The Kier molecular flexibility index (Phi) is 5.62. The zero-order valence-corrected chi connectivity index (χ0v) is 17.6. The molecule has 0 unspecified atom stereocenters. The van der Waals surface area contributed by atoms with Gasteiger partial charge in [-0.1, -0.05) is 12.5 Å².